The first-order chi connectivity index (χ1) is 8.94. The lowest BCUT2D eigenvalue weighted by Gasteiger charge is -2.34. The van der Waals surface area contributed by atoms with Crippen molar-refractivity contribution in [2.45, 2.75) is 25.9 Å². The summed E-state index contributed by atoms with van der Waals surface area (Å²) in [5.74, 6) is 0.575. The van der Waals surface area contributed by atoms with Crippen molar-refractivity contribution in [3.05, 3.63) is 38.3 Å². The lowest BCUT2D eigenvalue weighted by atomic mass is 9.96. The van der Waals surface area contributed by atoms with Crippen LogP contribution in [0.15, 0.2) is 22.7 Å². The highest BCUT2D eigenvalue weighted by atomic mass is 79.9. The van der Waals surface area contributed by atoms with Crippen LogP contribution in [0.3, 0.4) is 0 Å². The number of benzene rings is 1. The van der Waals surface area contributed by atoms with Crippen LogP contribution in [0.4, 0.5) is 5.69 Å². The van der Waals surface area contributed by atoms with Gasteiger partial charge in [0, 0.05) is 42.3 Å². The lowest BCUT2D eigenvalue weighted by molar-refractivity contribution is -0.385. The predicted molar refractivity (Wildman–Crippen MR) is 77.8 cm³/mol. The van der Waals surface area contributed by atoms with E-state index in [2.05, 4.69) is 27.8 Å². The fourth-order valence-electron chi connectivity index (χ4n) is 2.73. The van der Waals surface area contributed by atoms with Gasteiger partial charge >= 0.3 is 0 Å². The molecule has 1 aliphatic heterocycles. The molecule has 0 radical (unpaired) electrons. The normalized spacial score (nSPS) is 24.4. The van der Waals surface area contributed by atoms with Crippen LogP contribution >= 0.6 is 15.9 Å². The number of non-ortho nitro benzene ring substituents is 1. The van der Waals surface area contributed by atoms with E-state index in [1.165, 1.54) is 6.07 Å². The average molecular weight is 328 g/mol. The van der Waals surface area contributed by atoms with Crippen LogP contribution in [0.2, 0.25) is 0 Å². The number of rotatable bonds is 3. The number of nitro benzene ring substituents is 1. The lowest BCUT2D eigenvalue weighted by Crippen LogP contribution is -2.45. The topological polar surface area (TPSA) is 72.4 Å². The molecule has 6 heteroatoms. The molecule has 104 valence electrons. The molecule has 0 bridgehead atoms. The van der Waals surface area contributed by atoms with Gasteiger partial charge in [-0.1, -0.05) is 22.9 Å². The monoisotopic (exact) mass is 327 g/mol. The van der Waals surface area contributed by atoms with Crippen molar-refractivity contribution in [3.63, 3.8) is 0 Å². The number of halogens is 1. The minimum atomic E-state index is -0.362. The molecule has 1 fully saturated rings. The Hall–Kier alpha value is -0.980. The molecule has 5 nitrogen and oxygen atoms in total. The molecule has 2 N–H and O–H groups in total. The van der Waals surface area contributed by atoms with Crippen LogP contribution in [0, 0.1) is 16.0 Å². The molecule has 0 aliphatic carbocycles. The second kappa shape index (κ2) is 5.98. The second-order valence-corrected chi connectivity index (χ2v) is 6.29. The molecule has 1 heterocycles. The number of nitro groups is 1. The molecule has 2 unspecified atom stereocenters. The third kappa shape index (κ3) is 3.99. The Morgan fingerprint density at radius 2 is 2.21 bits per heavy atom. The van der Waals surface area contributed by atoms with Gasteiger partial charge in [0.2, 0.25) is 0 Å². The first-order valence-corrected chi connectivity index (χ1v) is 7.15. The zero-order chi connectivity index (χ0) is 14.0. The van der Waals surface area contributed by atoms with E-state index in [4.69, 9.17) is 5.73 Å². The summed E-state index contributed by atoms with van der Waals surface area (Å²) in [5, 5.41) is 10.9. The summed E-state index contributed by atoms with van der Waals surface area (Å²) >= 11 is 3.32. The highest BCUT2D eigenvalue weighted by Crippen LogP contribution is 2.24. The van der Waals surface area contributed by atoms with Gasteiger partial charge in [0.1, 0.15) is 0 Å². The van der Waals surface area contributed by atoms with Crippen molar-refractivity contribution < 1.29 is 4.92 Å². The van der Waals surface area contributed by atoms with Gasteiger partial charge in [-0.15, -0.1) is 0 Å². The van der Waals surface area contributed by atoms with E-state index in [0.29, 0.717) is 12.5 Å². The molecule has 0 aromatic heterocycles. The van der Waals surface area contributed by atoms with Crippen LogP contribution in [0.1, 0.15) is 18.9 Å². The van der Waals surface area contributed by atoms with Gasteiger partial charge in [-0.2, -0.15) is 0 Å². The third-order valence-corrected chi connectivity index (χ3v) is 3.78. The maximum absolute atomic E-state index is 10.9. The smallest absolute Gasteiger partial charge is 0.270 e. The van der Waals surface area contributed by atoms with Crippen molar-refractivity contribution in [2.75, 3.05) is 13.1 Å². The zero-order valence-electron chi connectivity index (χ0n) is 10.9. The third-order valence-electron chi connectivity index (χ3n) is 3.33. The van der Waals surface area contributed by atoms with Crippen molar-refractivity contribution in [1.29, 1.82) is 0 Å². The molecule has 1 aromatic rings. The summed E-state index contributed by atoms with van der Waals surface area (Å²) < 4.78 is 0.742. The highest BCUT2D eigenvalue weighted by Gasteiger charge is 2.22. The first kappa shape index (κ1) is 14.4. The minimum absolute atomic E-state index is 0.124. The quantitative estimate of drug-likeness (QED) is 0.684. The van der Waals surface area contributed by atoms with E-state index in [9.17, 15) is 10.1 Å². The Morgan fingerprint density at radius 3 is 2.84 bits per heavy atom. The van der Waals surface area contributed by atoms with Gasteiger partial charge in [0.15, 0.2) is 0 Å². The molecular formula is C13H18BrN3O2. The van der Waals surface area contributed by atoms with Crippen LogP contribution in [-0.4, -0.2) is 29.0 Å². The first-order valence-electron chi connectivity index (χ1n) is 6.36. The Kier molecular flexibility index (Phi) is 4.54. The molecule has 1 aromatic carbocycles. The van der Waals surface area contributed by atoms with E-state index >= 15 is 0 Å². The highest BCUT2D eigenvalue weighted by molar-refractivity contribution is 9.10. The van der Waals surface area contributed by atoms with Crippen molar-refractivity contribution in [1.82, 2.24) is 4.90 Å². The maximum atomic E-state index is 10.9. The standard InChI is InChI=1S/C13H18BrN3O2/c1-9-2-12(15)8-16(6-9)7-10-3-11(14)5-13(4-10)17(18)19/h3-5,9,12H,2,6-8,15H2,1H3. The predicted octanol–water partition coefficient (Wildman–Crippen LogP) is 2.53. The Balaban J connectivity index is 2.12. The summed E-state index contributed by atoms with van der Waals surface area (Å²) in [6, 6.07) is 5.28. The molecule has 1 saturated heterocycles. The van der Waals surface area contributed by atoms with E-state index in [1.807, 2.05) is 6.07 Å². The molecule has 0 amide bonds. The SMILES string of the molecule is CC1CC(N)CN(Cc2cc(Br)cc([N+](=O)[O-])c2)C1. The van der Waals surface area contributed by atoms with Gasteiger partial charge in [0.05, 0.1) is 4.92 Å². The fraction of sp³-hybridized carbons (Fsp3) is 0.538. The number of hydrogen-bond donors (Lipinski definition) is 1. The number of nitrogens with zero attached hydrogens (tertiary/aromatic N) is 2. The van der Waals surface area contributed by atoms with Crippen molar-refractivity contribution >= 4 is 21.6 Å². The van der Waals surface area contributed by atoms with E-state index in [0.717, 1.165) is 29.5 Å². The van der Waals surface area contributed by atoms with Crippen LogP contribution in [0.5, 0.6) is 0 Å². The van der Waals surface area contributed by atoms with Crippen LogP contribution < -0.4 is 5.73 Å². The largest absolute Gasteiger partial charge is 0.327 e. The molecule has 1 aliphatic rings. The Labute approximate surface area is 121 Å². The Bertz CT molecular complexity index is 471. The number of piperidine rings is 1. The van der Waals surface area contributed by atoms with Crippen LogP contribution in [-0.2, 0) is 6.54 Å². The van der Waals surface area contributed by atoms with Gasteiger partial charge < -0.3 is 5.73 Å². The summed E-state index contributed by atoms with van der Waals surface area (Å²) in [6.45, 7) is 4.74. The fourth-order valence-corrected chi connectivity index (χ4v) is 3.26. The van der Waals surface area contributed by atoms with Crippen molar-refractivity contribution in [2.24, 2.45) is 11.7 Å². The number of nitrogens with two attached hydrogens (primary N) is 1. The van der Waals surface area contributed by atoms with Gasteiger partial charge in [-0.3, -0.25) is 15.0 Å². The molecule has 0 spiro atoms. The molecule has 2 rings (SSSR count). The van der Waals surface area contributed by atoms with Gasteiger partial charge in [-0.05, 0) is 24.0 Å². The molecule has 0 saturated carbocycles. The number of hydrogen-bond acceptors (Lipinski definition) is 4. The molecule has 19 heavy (non-hydrogen) atoms. The summed E-state index contributed by atoms with van der Waals surface area (Å²) in [6.07, 6.45) is 1.05. The molecule has 2 atom stereocenters. The van der Waals surface area contributed by atoms with Crippen LogP contribution in [0.25, 0.3) is 0 Å². The average Bonchev–Trinajstić information content (AvgIpc) is 2.26. The van der Waals surface area contributed by atoms with Gasteiger partial charge in [-0.25, -0.2) is 0 Å². The van der Waals surface area contributed by atoms with E-state index in [1.54, 1.807) is 6.07 Å². The van der Waals surface area contributed by atoms with Crippen molar-refractivity contribution in [3.8, 4) is 0 Å². The summed E-state index contributed by atoms with van der Waals surface area (Å²) in [4.78, 5) is 12.8. The van der Waals surface area contributed by atoms with Gasteiger partial charge in [0.25, 0.3) is 5.69 Å². The zero-order valence-corrected chi connectivity index (χ0v) is 12.5. The second-order valence-electron chi connectivity index (χ2n) is 5.37. The number of likely N-dealkylation sites (tertiary alicyclic amines) is 1. The minimum Gasteiger partial charge on any atom is -0.327 e. The summed E-state index contributed by atoms with van der Waals surface area (Å²) in [5.41, 5.74) is 7.09. The van der Waals surface area contributed by atoms with E-state index < -0.39 is 0 Å². The summed E-state index contributed by atoms with van der Waals surface area (Å²) in [7, 11) is 0. The Morgan fingerprint density at radius 1 is 1.47 bits per heavy atom. The maximum Gasteiger partial charge on any atom is 0.270 e. The van der Waals surface area contributed by atoms with E-state index in [-0.39, 0.29) is 16.7 Å². The molecular weight excluding hydrogens is 310 g/mol.